The molecule has 0 atom stereocenters. The number of aryl methyl sites for hydroxylation is 1. The first-order valence-corrected chi connectivity index (χ1v) is 8.67. The van der Waals surface area contributed by atoms with Gasteiger partial charge in [0.25, 0.3) is 0 Å². The Labute approximate surface area is 158 Å². The van der Waals surface area contributed by atoms with Crippen LogP contribution in [0.3, 0.4) is 0 Å². The molecule has 1 heterocycles. The van der Waals surface area contributed by atoms with E-state index in [0.717, 1.165) is 11.3 Å². The van der Waals surface area contributed by atoms with Crippen LogP contribution in [-0.4, -0.2) is 34.2 Å². The lowest BCUT2D eigenvalue weighted by molar-refractivity contribution is -0.138. The van der Waals surface area contributed by atoms with Gasteiger partial charge in [-0.15, -0.1) is 5.10 Å². The van der Waals surface area contributed by atoms with Crippen LogP contribution in [0.25, 0.3) is 6.08 Å². The van der Waals surface area contributed by atoms with Crippen LogP contribution in [0, 0.1) is 6.92 Å². The molecule has 3 rings (SSSR count). The van der Waals surface area contributed by atoms with Crippen LogP contribution in [-0.2, 0) is 16.1 Å². The van der Waals surface area contributed by atoms with Crippen molar-refractivity contribution in [1.82, 2.24) is 15.0 Å². The molecule has 2 aromatic carbocycles. The topological polar surface area (TPSA) is 66.2 Å². The van der Waals surface area contributed by atoms with Gasteiger partial charge < -0.3 is 9.47 Å². The maximum Gasteiger partial charge on any atom is 0.330 e. The van der Waals surface area contributed by atoms with E-state index >= 15 is 0 Å². The molecule has 138 valence electrons. The smallest absolute Gasteiger partial charge is 0.330 e. The average Bonchev–Trinajstić information content (AvgIpc) is 3.13. The standard InChI is InChI=1S/C21H21N3O3/c1-17-7-10-20(11-8-17)26-13-14-27-21(25)12-9-19-16-24(23-22-19)15-18-5-3-2-4-6-18/h2-12,16H,13-15H2,1H3/b12-9+. The minimum absolute atomic E-state index is 0.178. The Morgan fingerprint density at radius 2 is 1.85 bits per heavy atom. The molecule has 0 radical (unpaired) electrons. The third-order valence-electron chi connectivity index (χ3n) is 3.75. The number of esters is 1. The summed E-state index contributed by atoms with van der Waals surface area (Å²) in [5.41, 5.74) is 2.89. The van der Waals surface area contributed by atoms with Gasteiger partial charge in [-0.3, -0.25) is 0 Å². The molecule has 6 heteroatoms. The van der Waals surface area contributed by atoms with Gasteiger partial charge in [0, 0.05) is 6.08 Å². The summed E-state index contributed by atoms with van der Waals surface area (Å²) in [5, 5.41) is 8.07. The SMILES string of the molecule is Cc1ccc(OCCOC(=O)/C=C/c2cn(Cc3ccccc3)nn2)cc1. The molecule has 0 aliphatic heterocycles. The summed E-state index contributed by atoms with van der Waals surface area (Å²) in [6.07, 6.45) is 4.69. The second kappa shape index (κ2) is 9.33. The molecular weight excluding hydrogens is 342 g/mol. The molecule has 27 heavy (non-hydrogen) atoms. The fourth-order valence-electron chi connectivity index (χ4n) is 2.38. The molecule has 0 N–H and O–H groups in total. The van der Waals surface area contributed by atoms with Crippen molar-refractivity contribution in [2.24, 2.45) is 0 Å². The van der Waals surface area contributed by atoms with Crippen LogP contribution >= 0.6 is 0 Å². The first-order valence-electron chi connectivity index (χ1n) is 8.67. The lowest BCUT2D eigenvalue weighted by Crippen LogP contribution is -2.10. The van der Waals surface area contributed by atoms with E-state index in [1.165, 1.54) is 11.6 Å². The van der Waals surface area contributed by atoms with Gasteiger partial charge in [0.15, 0.2) is 0 Å². The summed E-state index contributed by atoms with van der Waals surface area (Å²) in [6, 6.07) is 17.7. The van der Waals surface area contributed by atoms with E-state index in [1.807, 2.05) is 61.5 Å². The van der Waals surface area contributed by atoms with Crippen molar-refractivity contribution in [3.05, 3.63) is 83.7 Å². The van der Waals surface area contributed by atoms with Crippen LogP contribution < -0.4 is 4.74 Å². The highest BCUT2D eigenvalue weighted by Gasteiger charge is 2.01. The Morgan fingerprint density at radius 1 is 1.07 bits per heavy atom. The molecule has 0 spiro atoms. The van der Waals surface area contributed by atoms with Gasteiger partial charge in [-0.05, 0) is 30.7 Å². The Kier molecular flexibility index (Phi) is 6.35. The number of carbonyl (C=O) groups excluding carboxylic acids is 1. The number of hydrogen-bond acceptors (Lipinski definition) is 5. The summed E-state index contributed by atoms with van der Waals surface area (Å²) >= 11 is 0. The highest BCUT2D eigenvalue weighted by Crippen LogP contribution is 2.11. The molecule has 0 bridgehead atoms. The van der Waals surface area contributed by atoms with E-state index in [4.69, 9.17) is 9.47 Å². The molecule has 0 aliphatic carbocycles. The molecule has 0 amide bonds. The fraction of sp³-hybridized carbons (Fsp3) is 0.190. The number of carbonyl (C=O) groups is 1. The van der Waals surface area contributed by atoms with Crippen molar-refractivity contribution in [3.63, 3.8) is 0 Å². The minimum atomic E-state index is -0.444. The van der Waals surface area contributed by atoms with Crippen molar-refractivity contribution < 1.29 is 14.3 Å². The molecule has 0 saturated carbocycles. The zero-order valence-corrected chi connectivity index (χ0v) is 15.1. The zero-order chi connectivity index (χ0) is 18.9. The van der Waals surface area contributed by atoms with Crippen LogP contribution in [0.2, 0.25) is 0 Å². The molecule has 0 unspecified atom stereocenters. The van der Waals surface area contributed by atoms with E-state index in [2.05, 4.69) is 10.3 Å². The number of nitrogens with zero attached hydrogens (tertiary/aromatic N) is 3. The van der Waals surface area contributed by atoms with E-state index in [-0.39, 0.29) is 6.61 Å². The first-order chi connectivity index (χ1) is 13.2. The first kappa shape index (κ1) is 18.4. The van der Waals surface area contributed by atoms with Crippen LogP contribution in [0.5, 0.6) is 5.75 Å². The normalized spacial score (nSPS) is 10.9. The van der Waals surface area contributed by atoms with Crippen molar-refractivity contribution in [1.29, 1.82) is 0 Å². The van der Waals surface area contributed by atoms with Gasteiger partial charge in [-0.1, -0.05) is 53.2 Å². The molecule has 6 nitrogen and oxygen atoms in total. The summed E-state index contributed by atoms with van der Waals surface area (Å²) < 4.78 is 12.3. The Bertz CT molecular complexity index is 887. The number of hydrogen-bond donors (Lipinski definition) is 0. The Hall–Kier alpha value is -3.41. The van der Waals surface area contributed by atoms with Gasteiger partial charge in [-0.2, -0.15) is 0 Å². The molecule has 0 fully saturated rings. The average molecular weight is 363 g/mol. The van der Waals surface area contributed by atoms with Crippen molar-refractivity contribution in [2.45, 2.75) is 13.5 Å². The summed E-state index contributed by atoms with van der Waals surface area (Å²) in [7, 11) is 0. The van der Waals surface area contributed by atoms with E-state index in [1.54, 1.807) is 17.0 Å². The summed E-state index contributed by atoms with van der Waals surface area (Å²) in [4.78, 5) is 11.8. The van der Waals surface area contributed by atoms with Crippen molar-refractivity contribution in [3.8, 4) is 5.75 Å². The lowest BCUT2D eigenvalue weighted by Gasteiger charge is -2.06. The summed E-state index contributed by atoms with van der Waals surface area (Å²) in [6.45, 7) is 3.12. The second-order valence-corrected chi connectivity index (χ2v) is 5.99. The monoisotopic (exact) mass is 363 g/mol. The van der Waals surface area contributed by atoms with E-state index in [0.29, 0.717) is 18.8 Å². The van der Waals surface area contributed by atoms with Gasteiger partial charge in [0.05, 0.1) is 12.7 Å². The lowest BCUT2D eigenvalue weighted by atomic mass is 10.2. The largest absolute Gasteiger partial charge is 0.490 e. The van der Waals surface area contributed by atoms with Crippen LogP contribution in [0.1, 0.15) is 16.8 Å². The van der Waals surface area contributed by atoms with Gasteiger partial charge in [0.1, 0.15) is 24.7 Å². The number of aromatic nitrogens is 3. The highest BCUT2D eigenvalue weighted by molar-refractivity contribution is 5.86. The third-order valence-corrected chi connectivity index (χ3v) is 3.75. The maximum absolute atomic E-state index is 11.8. The molecular formula is C21H21N3O3. The van der Waals surface area contributed by atoms with Gasteiger partial charge in [-0.25, -0.2) is 9.48 Å². The Balaban J connectivity index is 1.40. The zero-order valence-electron chi connectivity index (χ0n) is 15.1. The van der Waals surface area contributed by atoms with Crippen molar-refractivity contribution >= 4 is 12.0 Å². The van der Waals surface area contributed by atoms with E-state index in [9.17, 15) is 4.79 Å². The minimum Gasteiger partial charge on any atom is -0.490 e. The second-order valence-electron chi connectivity index (χ2n) is 5.99. The predicted molar refractivity (Wildman–Crippen MR) is 102 cm³/mol. The quantitative estimate of drug-likeness (QED) is 0.349. The third kappa shape index (κ3) is 6.11. The number of rotatable bonds is 8. The highest BCUT2D eigenvalue weighted by atomic mass is 16.6. The Morgan fingerprint density at radius 3 is 2.63 bits per heavy atom. The van der Waals surface area contributed by atoms with Gasteiger partial charge >= 0.3 is 5.97 Å². The maximum atomic E-state index is 11.8. The van der Waals surface area contributed by atoms with E-state index < -0.39 is 5.97 Å². The number of ether oxygens (including phenoxy) is 2. The van der Waals surface area contributed by atoms with Crippen molar-refractivity contribution in [2.75, 3.05) is 13.2 Å². The number of benzene rings is 2. The predicted octanol–water partition coefficient (Wildman–Crippen LogP) is 3.27. The molecule has 0 aliphatic rings. The van der Waals surface area contributed by atoms with Crippen LogP contribution in [0.15, 0.2) is 66.9 Å². The summed E-state index contributed by atoms with van der Waals surface area (Å²) in [5.74, 6) is 0.308. The molecule has 3 aromatic rings. The molecule has 0 saturated heterocycles. The fourth-order valence-corrected chi connectivity index (χ4v) is 2.38. The van der Waals surface area contributed by atoms with Gasteiger partial charge in [0.2, 0.25) is 0 Å². The van der Waals surface area contributed by atoms with Crippen LogP contribution in [0.4, 0.5) is 0 Å². The molecule has 1 aromatic heterocycles.